The van der Waals surface area contributed by atoms with Crippen molar-refractivity contribution in [2.75, 3.05) is 37.3 Å². The molecule has 2 aromatic carbocycles. The number of carbonyl (C=O) groups is 1. The molecule has 3 rings (SSSR count). The Morgan fingerprint density at radius 2 is 2.00 bits per heavy atom. The van der Waals surface area contributed by atoms with E-state index in [-0.39, 0.29) is 18.9 Å². The van der Waals surface area contributed by atoms with Crippen molar-refractivity contribution >= 4 is 32.6 Å². The van der Waals surface area contributed by atoms with Crippen molar-refractivity contribution in [3.63, 3.8) is 0 Å². The van der Waals surface area contributed by atoms with Crippen LogP contribution in [-0.4, -0.2) is 52.1 Å². The Bertz CT molecular complexity index is 1240. The molecule has 0 aliphatic carbocycles. The first-order chi connectivity index (χ1) is 16.2. The van der Waals surface area contributed by atoms with Crippen LogP contribution in [0.2, 0.25) is 0 Å². The summed E-state index contributed by atoms with van der Waals surface area (Å²) in [5.74, 6) is 1.01. The van der Waals surface area contributed by atoms with Crippen LogP contribution in [0.3, 0.4) is 0 Å². The molecule has 3 aromatic rings. The number of aliphatic hydroxyl groups is 1. The summed E-state index contributed by atoms with van der Waals surface area (Å²) in [6.07, 6.45) is 0.429. The van der Waals surface area contributed by atoms with E-state index in [1.54, 1.807) is 37.3 Å². The van der Waals surface area contributed by atoms with E-state index in [9.17, 15) is 18.3 Å². The Morgan fingerprint density at radius 3 is 2.74 bits per heavy atom. The van der Waals surface area contributed by atoms with Crippen LogP contribution in [0.4, 0.5) is 5.69 Å². The zero-order valence-corrected chi connectivity index (χ0v) is 20.3. The van der Waals surface area contributed by atoms with Crippen molar-refractivity contribution in [1.29, 1.82) is 0 Å². The molecule has 184 valence electrons. The van der Waals surface area contributed by atoms with E-state index < -0.39 is 16.1 Å². The van der Waals surface area contributed by atoms with Crippen LogP contribution in [0, 0.1) is 6.92 Å². The average Bonchev–Trinajstić information content (AvgIpc) is 3.06. The van der Waals surface area contributed by atoms with Crippen molar-refractivity contribution in [2.24, 2.45) is 0 Å². The lowest BCUT2D eigenvalue weighted by Gasteiger charge is -2.14. The van der Waals surface area contributed by atoms with Gasteiger partial charge in [0.25, 0.3) is 0 Å². The Kier molecular flexibility index (Phi) is 8.54. The maximum Gasteiger partial charge on any atom is 0.310 e. The van der Waals surface area contributed by atoms with Gasteiger partial charge in [0.15, 0.2) is 0 Å². The zero-order chi connectivity index (χ0) is 24.7. The highest BCUT2D eigenvalue weighted by Gasteiger charge is 2.16. The van der Waals surface area contributed by atoms with Gasteiger partial charge >= 0.3 is 5.97 Å². The van der Waals surface area contributed by atoms with Crippen molar-refractivity contribution in [3.05, 3.63) is 59.4 Å². The second-order valence-corrected chi connectivity index (χ2v) is 9.59. The van der Waals surface area contributed by atoms with Crippen molar-refractivity contribution in [2.45, 2.75) is 26.4 Å². The Morgan fingerprint density at radius 1 is 1.21 bits per heavy atom. The highest BCUT2D eigenvalue weighted by atomic mass is 32.2. The van der Waals surface area contributed by atoms with E-state index in [2.05, 4.69) is 10.0 Å². The second kappa shape index (κ2) is 11.4. The van der Waals surface area contributed by atoms with Gasteiger partial charge in [-0.25, -0.2) is 8.42 Å². The van der Waals surface area contributed by atoms with E-state index in [0.29, 0.717) is 48.1 Å². The number of anilines is 1. The van der Waals surface area contributed by atoms with Crippen molar-refractivity contribution in [3.8, 4) is 5.75 Å². The van der Waals surface area contributed by atoms with Gasteiger partial charge in [0, 0.05) is 35.8 Å². The van der Waals surface area contributed by atoms with Crippen LogP contribution >= 0.6 is 0 Å². The molecule has 1 heterocycles. The zero-order valence-electron chi connectivity index (χ0n) is 19.5. The molecular weight excluding hydrogens is 460 g/mol. The largest absolute Gasteiger partial charge is 0.492 e. The summed E-state index contributed by atoms with van der Waals surface area (Å²) < 4.78 is 41.7. The molecule has 0 fully saturated rings. The van der Waals surface area contributed by atoms with E-state index in [1.165, 1.54) is 0 Å². The number of ether oxygens (including phenoxy) is 2. The number of fused-ring (bicyclic) bond motifs is 1. The molecule has 0 unspecified atom stereocenters. The first-order valence-corrected chi connectivity index (χ1v) is 12.8. The standard InChI is InChI=1S/C24H30N2O7S/c1-4-31-24(28)14-21-16(2)33-23-13-19(8-9-20(21)23)32-11-10-25-15-22(27)17-6-5-7-18(12-17)26-34(3,29)30/h5-9,12-13,22,25-27H,4,10-11,14-15H2,1-3H3/t22-/m0/s1. The minimum absolute atomic E-state index is 0.159. The smallest absolute Gasteiger partial charge is 0.310 e. The summed E-state index contributed by atoms with van der Waals surface area (Å²) in [6, 6.07) is 12.1. The fourth-order valence-electron chi connectivity index (χ4n) is 3.54. The number of carbonyl (C=O) groups excluding carboxylic acids is 1. The normalized spacial score (nSPS) is 12.5. The first kappa shape index (κ1) is 25.5. The molecule has 0 amide bonds. The van der Waals surface area contributed by atoms with E-state index in [0.717, 1.165) is 17.2 Å². The summed E-state index contributed by atoms with van der Waals surface area (Å²) >= 11 is 0. The number of nitrogens with one attached hydrogen (secondary N) is 2. The van der Waals surface area contributed by atoms with Crippen molar-refractivity contribution in [1.82, 2.24) is 5.32 Å². The van der Waals surface area contributed by atoms with Gasteiger partial charge in [-0.3, -0.25) is 9.52 Å². The summed E-state index contributed by atoms with van der Waals surface area (Å²) in [5, 5.41) is 14.3. The maximum absolute atomic E-state index is 11.8. The predicted molar refractivity (Wildman–Crippen MR) is 130 cm³/mol. The van der Waals surface area contributed by atoms with Gasteiger partial charge in [0.2, 0.25) is 10.0 Å². The number of rotatable bonds is 12. The third kappa shape index (κ3) is 7.21. The summed E-state index contributed by atoms with van der Waals surface area (Å²) in [7, 11) is -3.38. The lowest BCUT2D eigenvalue weighted by Crippen LogP contribution is -2.26. The maximum atomic E-state index is 11.8. The van der Waals surface area contributed by atoms with Crippen LogP contribution in [0.1, 0.15) is 29.9 Å². The van der Waals surface area contributed by atoms with Gasteiger partial charge in [0.05, 0.1) is 25.4 Å². The van der Waals surface area contributed by atoms with Crippen LogP contribution < -0.4 is 14.8 Å². The lowest BCUT2D eigenvalue weighted by atomic mass is 10.1. The predicted octanol–water partition coefficient (Wildman–Crippen LogP) is 2.92. The molecule has 0 spiro atoms. The molecule has 0 saturated heterocycles. The molecule has 0 radical (unpaired) electrons. The molecule has 0 saturated carbocycles. The van der Waals surface area contributed by atoms with Gasteiger partial charge < -0.3 is 24.3 Å². The van der Waals surface area contributed by atoms with Crippen molar-refractivity contribution < 1.29 is 32.2 Å². The van der Waals surface area contributed by atoms with E-state index in [1.807, 2.05) is 19.1 Å². The van der Waals surface area contributed by atoms with Gasteiger partial charge in [0.1, 0.15) is 23.7 Å². The monoisotopic (exact) mass is 490 g/mol. The quantitative estimate of drug-likeness (QED) is 0.261. The number of sulfonamides is 1. The molecule has 34 heavy (non-hydrogen) atoms. The van der Waals surface area contributed by atoms with Gasteiger partial charge in [-0.2, -0.15) is 0 Å². The third-order valence-electron chi connectivity index (χ3n) is 5.05. The number of furan rings is 1. The molecule has 3 N–H and O–H groups in total. The van der Waals surface area contributed by atoms with Crippen LogP contribution in [0.15, 0.2) is 46.9 Å². The number of benzene rings is 2. The van der Waals surface area contributed by atoms with Gasteiger partial charge in [-0.1, -0.05) is 12.1 Å². The minimum atomic E-state index is -3.38. The third-order valence-corrected chi connectivity index (χ3v) is 5.66. The summed E-state index contributed by atoms with van der Waals surface area (Å²) in [6.45, 7) is 5.05. The van der Waals surface area contributed by atoms with Crippen LogP contribution in [0.25, 0.3) is 11.0 Å². The number of hydrogen-bond acceptors (Lipinski definition) is 8. The highest BCUT2D eigenvalue weighted by molar-refractivity contribution is 7.92. The minimum Gasteiger partial charge on any atom is -0.492 e. The van der Waals surface area contributed by atoms with E-state index in [4.69, 9.17) is 13.9 Å². The molecule has 9 nitrogen and oxygen atoms in total. The SMILES string of the molecule is CCOC(=O)Cc1c(C)oc2cc(OCCNC[C@H](O)c3cccc(NS(C)(=O)=O)c3)ccc12. The molecule has 10 heteroatoms. The van der Waals surface area contributed by atoms with Gasteiger partial charge in [-0.05, 0) is 43.7 Å². The molecular formula is C24H30N2O7S. The lowest BCUT2D eigenvalue weighted by molar-refractivity contribution is -0.142. The summed E-state index contributed by atoms with van der Waals surface area (Å²) in [4.78, 5) is 11.8. The number of esters is 1. The molecule has 0 aliphatic heterocycles. The number of aryl methyl sites for hydroxylation is 1. The topological polar surface area (TPSA) is 127 Å². The summed E-state index contributed by atoms with van der Waals surface area (Å²) in [5.41, 5.74) is 2.45. The number of aliphatic hydroxyl groups excluding tert-OH is 1. The highest BCUT2D eigenvalue weighted by Crippen LogP contribution is 2.29. The first-order valence-electron chi connectivity index (χ1n) is 10.9. The van der Waals surface area contributed by atoms with E-state index >= 15 is 0 Å². The second-order valence-electron chi connectivity index (χ2n) is 7.84. The van der Waals surface area contributed by atoms with Crippen LogP contribution in [0.5, 0.6) is 5.75 Å². The molecule has 0 bridgehead atoms. The fraction of sp³-hybridized carbons (Fsp3) is 0.375. The number of hydrogen-bond donors (Lipinski definition) is 3. The van der Waals surface area contributed by atoms with Crippen LogP contribution in [-0.2, 0) is 26.0 Å². The Balaban J connectivity index is 1.49. The molecule has 0 aliphatic rings. The fourth-order valence-corrected chi connectivity index (χ4v) is 4.09. The molecule has 1 aromatic heterocycles. The Labute approximate surface area is 199 Å². The average molecular weight is 491 g/mol. The van der Waals surface area contributed by atoms with Gasteiger partial charge in [-0.15, -0.1) is 0 Å². The Hall–Kier alpha value is -3.08. The molecule has 1 atom stereocenters.